The normalized spacial score (nSPS) is 21.8. The molecule has 0 amide bonds. The van der Waals surface area contributed by atoms with Crippen LogP contribution in [-0.4, -0.2) is 34.1 Å². The van der Waals surface area contributed by atoms with Gasteiger partial charge in [-0.15, -0.1) is 0 Å². The van der Waals surface area contributed by atoms with Crippen LogP contribution in [-0.2, 0) is 4.79 Å². The van der Waals surface area contributed by atoms with Crippen LogP contribution in [0.3, 0.4) is 0 Å². The highest BCUT2D eigenvalue weighted by molar-refractivity contribution is 5.77. The molecule has 1 aromatic rings. The molecule has 114 valence electrons. The number of carboxylic acids is 1. The monoisotopic (exact) mass is 293 g/mol. The molecule has 2 rings (SSSR count). The van der Waals surface area contributed by atoms with E-state index in [0.717, 1.165) is 0 Å². The van der Waals surface area contributed by atoms with Crippen molar-refractivity contribution >= 4 is 17.5 Å². The predicted octanol–water partition coefficient (Wildman–Crippen LogP) is 2.24. The van der Waals surface area contributed by atoms with Gasteiger partial charge >= 0.3 is 11.7 Å². The van der Waals surface area contributed by atoms with Gasteiger partial charge in [0.05, 0.1) is 10.3 Å². The second-order valence-corrected chi connectivity index (χ2v) is 5.84. The van der Waals surface area contributed by atoms with E-state index in [-0.39, 0.29) is 24.0 Å². The molecule has 0 saturated carbocycles. The molecule has 1 fully saturated rings. The lowest BCUT2D eigenvalue weighted by molar-refractivity contribution is -0.384. The zero-order chi connectivity index (χ0) is 15.8. The van der Waals surface area contributed by atoms with Gasteiger partial charge in [-0.2, -0.15) is 0 Å². The van der Waals surface area contributed by atoms with Gasteiger partial charge in [-0.05, 0) is 25.3 Å². The standard InChI is InChI=1S/C14H19N3O4/c1-9(2)14(13(18)19)5-7-16(8-14)12-11(17(20)21)10(3)4-6-15-12/h4,6,9H,5,7-8H2,1-3H3,(H,18,19). The fraction of sp³-hybridized carbons (Fsp3) is 0.571. The van der Waals surface area contributed by atoms with E-state index >= 15 is 0 Å². The Morgan fingerprint density at radius 2 is 2.24 bits per heavy atom. The maximum atomic E-state index is 11.6. The Kier molecular flexibility index (Phi) is 3.85. The van der Waals surface area contributed by atoms with Crippen molar-refractivity contribution in [3.8, 4) is 0 Å². The van der Waals surface area contributed by atoms with Crippen LogP contribution >= 0.6 is 0 Å². The fourth-order valence-electron chi connectivity index (χ4n) is 2.90. The first kappa shape index (κ1) is 15.2. The molecule has 1 aliphatic rings. The maximum absolute atomic E-state index is 11.6. The minimum Gasteiger partial charge on any atom is -0.481 e. The lowest BCUT2D eigenvalue weighted by Crippen LogP contribution is -2.39. The Bertz CT molecular complexity index is 588. The van der Waals surface area contributed by atoms with Gasteiger partial charge in [0.15, 0.2) is 0 Å². The minimum absolute atomic E-state index is 0.0394. The van der Waals surface area contributed by atoms with Gasteiger partial charge in [0.25, 0.3) is 0 Å². The SMILES string of the molecule is Cc1ccnc(N2CCC(C(=O)O)(C(C)C)C2)c1[N+](=O)[O-]. The van der Waals surface area contributed by atoms with Crippen molar-refractivity contribution in [1.29, 1.82) is 0 Å². The van der Waals surface area contributed by atoms with Gasteiger partial charge in [-0.25, -0.2) is 4.98 Å². The Labute approximate surface area is 122 Å². The van der Waals surface area contributed by atoms with Gasteiger partial charge < -0.3 is 10.0 Å². The van der Waals surface area contributed by atoms with E-state index in [1.54, 1.807) is 17.9 Å². The molecule has 7 heteroatoms. The van der Waals surface area contributed by atoms with Gasteiger partial charge in [0.1, 0.15) is 0 Å². The molecule has 0 spiro atoms. The highest BCUT2D eigenvalue weighted by atomic mass is 16.6. The molecule has 0 aromatic carbocycles. The molecular formula is C14H19N3O4. The predicted molar refractivity (Wildman–Crippen MR) is 77.4 cm³/mol. The first-order chi connectivity index (χ1) is 9.79. The lowest BCUT2D eigenvalue weighted by atomic mass is 9.76. The summed E-state index contributed by atoms with van der Waals surface area (Å²) >= 11 is 0. The van der Waals surface area contributed by atoms with Gasteiger partial charge in [0.2, 0.25) is 5.82 Å². The summed E-state index contributed by atoms with van der Waals surface area (Å²) in [6.45, 7) is 6.11. The number of hydrogen-bond donors (Lipinski definition) is 1. The maximum Gasteiger partial charge on any atom is 0.314 e. The number of carboxylic acid groups (broad SMARTS) is 1. The summed E-state index contributed by atoms with van der Waals surface area (Å²) in [7, 11) is 0. The van der Waals surface area contributed by atoms with Crippen molar-refractivity contribution in [2.75, 3.05) is 18.0 Å². The smallest absolute Gasteiger partial charge is 0.314 e. The van der Waals surface area contributed by atoms with Crippen LogP contribution in [0.5, 0.6) is 0 Å². The van der Waals surface area contributed by atoms with Crippen molar-refractivity contribution in [2.24, 2.45) is 11.3 Å². The van der Waals surface area contributed by atoms with E-state index in [2.05, 4.69) is 4.98 Å². The minimum atomic E-state index is -0.876. The number of aromatic nitrogens is 1. The van der Waals surface area contributed by atoms with Crippen molar-refractivity contribution in [2.45, 2.75) is 27.2 Å². The average Bonchev–Trinajstić information content (AvgIpc) is 2.84. The van der Waals surface area contributed by atoms with Crippen LogP contribution in [0.15, 0.2) is 12.3 Å². The van der Waals surface area contributed by atoms with Crippen molar-refractivity contribution in [3.05, 3.63) is 27.9 Å². The highest BCUT2D eigenvalue weighted by Gasteiger charge is 2.48. The van der Waals surface area contributed by atoms with E-state index in [1.807, 2.05) is 13.8 Å². The number of anilines is 1. The highest BCUT2D eigenvalue weighted by Crippen LogP contribution is 2.42. The first-order valence-corrected chi connectivity index (χ1v) is 6.88. The molecule has 0 aliphatic carbocycles. The van der Waals surface area contributed by atoms with Crippen LogP contribution in [0.2, 0.25) is 0 Å². The van der Waals surface area contributed by atoms with E-state index < -0.39 is 16.3 Å². The number of hydrogen-bond acceptors (Lipinski definition) is 5. The van der Waals surface area contributed by atoms with E-state index in [9.17, 15) is 20.0 Å². The average molecular weight is 293 g/mol. The Morgan fingerprint density at radius 1 is 1.57 bits per heavy atom. The summed E-state index contributed by atoms with van der Waals surface area (Å²) in [5.41, 5.74) is -0.385. The third-order valence-corrected chi connectivity index (χ3v) is 4.42. The molecule has 21 heavy (non-hydrogen) atoms. The second-order valence-electron chi connectivity index (χ2n) is 5.84. The Balaban J connectivity index is 2.41. The largest absolute Gasteiger partial charge is 0.481 e. The van der Waals surface area contributed by atoms with Crippen LogP contribution < -0.4 is 4.90 Å². The Hall–Kier alpha value is -2.18. The quantitative estimate of drug-likeness (QED) is 0.675. The third kappa shape index (κ3) is 2.43. The van der Waals surface area contributed by atoms with E-state index in [1.165, 1.54) is 6.20 Å². The lowest BCUT2D eigenvalue weighted by Gasteiger charge is -2.28. The fourth-order valence-corrected chi connectivity index (χ4v) is 2.90. The summed E-state index contributed by atoms with van der Waals surface area (Å²) in [5, 5.41) is 20.8. The molecule has 1 aromatic heterocycles. The number of nitrogens with zero attached hydrogens (tertiary/aromatic N) is 3. The number of nitro groups is 1. The number of aryl methyl sites for hydroxylation is 1. The summed E-state index contributed by atoms with van der Waals surface area (Å²) in [5.74, 6) is -0.636. The summed E-state index contributed by atoms with van der Waals surface area (Å²) in [4.78, 5) is 28.3. The second kappa shape index (κ2) is 5.31. The number of pyridine rings is 1. The first-order valence-electron chi connectivity index (χ1n) is 6.88. The van der Waals surface area contributed by atoms with Gasteiger partial charge in [-0.3, -0.25) is 14.9 Å². The number of carbonyl (C=O) groups is 1. The molecule has 1 aliphatic heterocycles. The molecule has 1 atom stereocenters. The molecule has 1 unspecified atom stereocenters. The molecular weight excluding hydrogens is 274 g/mol. The summed E-state index contributed by atoms with van der Waals surface area (Å²) in [6, 6.07) is 1.59. The zero-order valence-electron chi connectivity index (χ0n) is 12.4. The van der Waals surface area contributed by atoms with Gasteiger partial charge in [0, 0.05) is 24.8 Å². The molecule has 0 radical (unpaired) electrons. The zero-order valence-corrected chi connectivity index (χ0v) is 12.4. The molecule has 1 saturated heterocycles. The van der Waals surface area contributed by atoms with Gasteiger partial charge in [-0.1, -0.05) is 13.8 Å². The summed E-state index contributed by atoms with van der Waals surface area (Å²) in [6.07, 6.45) is 1.99. The van der Waals surface area contributed by atoms with Crippen molar-refractivity contribution < 1.29 is 14.8 Å². The third-order valence-electron chi connectivity index (χ3n) is 4.42. The summed E-state index contributed by atoms with van der Waals surface area (Å²) < 4.78 is 0. The molecule has 7 nitrogen and oxygen atoms in total. The van der Waals surface area contributed by atoms with Crippen LogP contribution in [0.1, 0.15) is 25.8 Å². The van der Waals surface area contributed by atoms with E-state index in [0.29, 0.717) is 18.5 Å². The number of rotatable bonds is 4. The Morgan fingerprint density at radius 3 is 2.71 bits per heavy atom. The van der Waals surface area contributed by atoms with Crippen LogP contribution in [0.4, 0.5) is 11.5 Å². The number of aliphatic carboxylic acids is 1. The molecule has 2 heterocycles. The van der Waals surface area contributed by atoms with Crippen molar-refractivity contribution in [3.63, 3.8) is 0 Å². The topological polar surface area (TPSA) is 96.6 Å². The van der Waals surface area contributed by atoms with Crippen molar-refractivity contribution in [1.82, 2.24) is 4.98 Å². The van der Waals surface area contributed by atoms with E-state index in [4.69, 9.17) is 0 Å². The molecule has 1 N–H and O–H groups in total. The van der Waals surface area contributed by atoms with Crippen LogP contribution in [0, 0.1) is 28.4 Å². The molecule has 0 bridgehead atoms. The van der Waals surface area contributed by atoms with Crippen LogP contribution in [0.25, 0.3) is 0 Å².